The lowest BCUT2D eigenvalue weighted by molar-refractivity contribution is -0.111. The van der Waals surface area contributed by atoms with Gasteiger partial charge in [-0.1, -0.05) is 48.3 Å². The van der Waals surface area contributed by atoms with Crippen LogP contribution in [-0.2, 0) is 11.2 Å². The molecule has 6 nitrogen and oxygen atoms in total. The lowest BCUT2D eigenvalue weighted by Gasteiger charge is -2.05. The van der Waals surface area contributed by atoms with E-state index in [1.807, 2.05) is 37.3 Å². The topological polar surface area (TPSA) is 73.0 Å². The molecular weight excluding hydrogens is 495 g/mol. The number of halogens is 2. The maximum Gasteiger partial charge on any atom is 0.248 e. The highest BCUT2D eigenvalue weighted by Gasteiger charge is 2.12. The Hall–Kier alpha value is -3.87. The first-order valence-corrected chi connectivity index (χ1v) is 12.2. The second-order valence-corrected chi connectivity index (χ2v) is 9.08. The van der Waals surface area contributed by atoms with Gasteiger partial charge in [0.15, 0.2) is 0 Å². The summed E-state index contributed by atoms with van der Waals surface area (Å²) < 4.78 is 5.82. The van der Waals surface area contributed by atoms with Crippen molar-refractivity contribution < 1.29 is 9.21 Å². The molecule has 5 aromatic rings. The number of benzene rings is 3. The number of anilines is 1. The van der Waals surface area contributed by atoms with Gasteiger partial charge < -0.3 is 9.73 Å². The van der Waals surface area contributed by atoms with Gasteiger partial charge in [-0.2, -0.15) is 4.80 Å². The fraction of sp³-hybridized carbons (Fsp3) is 0.107. The zero-order valence-electron chi connectivity index (χ0n) is 19.6. The number of fused-ring (bicyclic) bond motifs is 1. The van der Waals surface area contributed by atoms with Crippen LogP contribution in [0.4, 0.5) is 5.69 Å². The molecular formula is C28H22Cl2N4O2. The summed E-state index contributed by atoms with van der Waals surface area (Å²) in [6.07, 6.45) is 3.99. The Morgan fingerprint density at radius 1 is 1.03 bits per heavy atom. The summed E-state index contributed by atoms with van der Waals surface area (Å²) in [5.41, 5.74) is 5.81. The first kappa shape index (κ1) is 23.9. The third kappa shape index (κ3) is 4.91. The third-order valence-electron chi connectivity index (χ3n) is 5.80. The second kappa shape index (κ2) is 10.0. The SMILES string of the molecule is CCc1ccc(-n2nc3cc(C)c(NC(=O)/C=C/c4ccc(-c5cccc(Cl)c5Cl)o4)cc3n2)cc1. The summed E-state index contributed by atoms with van der Waals surface area (Å²) >= 11 is 12.4. The molecule has 180 valence electrons. The molecule has 3 aromatic carbocycles. The zero-order chi connectivity index (χ0) is 25.2. The van der Waals surface area contributed by atoms with Gasteiger partial charge in [-0.05, 0) is 79.1 Å². The van der Waals surface area contributed by atoms with Crippen LogP contribution in [0.25, 0.3) is 34.1 Å². The average Bonchev–Trinajstić information content (AvgIpc) is 3.52. The molecule has 0 atom stereocenters. The van der Waals surface area contributed by atoms with Crippen LogP contribution in [0.2, 0.25) is 10.0 Å². The number of aromatic nitrogens is 3. The maximum atomic E-state index is 12.6. The monoisotopic (exact) mass is 516 g/mol. The molecule has 1 amide bonds. The van der Waals surface area contributed by atoms with Crippen molar-refractivity contribution in [2.75, 3.05) is 5.32 Å². The van der Waals surface area contributed by atoms with E-state index in [2.05, 4.69) is 34.6 Å². The number of carbonyl (C=O) groups is 1. The number of furan rings is 1. The molecule has 36 heavy (non-hydrogen) atoms. The van der Waals surface area contributed by atoms with E-state index in [9.17, 15) is 4.79 Å². The van der Waals surface area contributed by atoms with E-state index in [-0.39, 0.29) is 5.91 Å². The lowest BCUT2D eigenvalue weighted by atomic mass is 10.1. The number of rotatable bonds is 6. The number of carbonyl (C=O) groups excluding carboxylic acids is 1. The molecule has 0 aliphatic carbocycles. The lowest BCUT2D eigenvalue weighted by Crippen LogP contribution is -2.08. The Bertz CT molecular complexity index is 1600. The first-order chi connectivity index (χ1) is 17.4. The fourth-order valence-electron chi connectivity index (χ4n) is 3.80. The van der Waals surface area contributed by atoms with Gasteiger partial charge in [-0.25, -0.2) is 0 Å². The molecule has 0 spiro atoms. The highest BCUT2D eigenvalue weighted by molar-refractivity contribution is 6.43. The zero-order valence-corrected chi connectivity index (χ0v) is 21.1. The van der Waals surface area contributed by atoms with E-state index in [1.165, 1.54) is 11.6 Å². The first-order valence-electron chi connectivity index (χ1n) is 11.4. The molecule has 1 N–H and O–H groups in total. The van der Waals surface area contributed by atoms with Crippen LogP contribution in [0.3, 0.4) is 0 Å². The van der Waals surface area contributed by atoms with Gasteiger partial charge in [0.2, 0.25) is 5.91 Å². The number of amides is 1. The standard InChI is InChI=1S/C28H22Cl2N4O2/c1-3-18-7-9-19(10-8-18)34-32-24-15-17(2)23(16-25(24)33-34)31-27(35)14-12-20-11-13-26(36-20)21-5-4-6-22(29)28(21)30/h4-16H,3H2,1-2H3,(H,31,35)/b14-12+. The number of hydrogen-bond donors (Lipinski definition) is 1. The predicted molar refractivity (Wildman–Crippen MR) is 145 cm³/mol. The summed E-state index contributed by atoms with van der Waals surface area (Å²) in [5.74, 6) is 0.787. The third-order valence-corrected chi connectivity index (χ3v) is 6.62. The van der Waals surface area contributed by atoms with Crippen LogP contribution in [0, 0.1) is 6.92 Å². The molecule has 0 saturated heterocycles. The van der Waals surface area contributed by atoms with Gasteiger partial charge >= 0.3 is 0 Å². The van der Waals surface area contributed by atoms with Crippen LogP contribution in [0.15, 0.2) is 77.2 Å². The number of nitrogens with zero attached hydrogens (tertiary/aromatic N) is 3. The minimum absolute atomic E-state index is 0.293. The van der Waals surface area contributed by atoms with Crippen molar-refractivity contribution in [2.24, 2.45) is 0 Å². The molecule has 0 fully saturated rings. The average molecular weight is 517 g/mol. The molecule has 2 heterocycles. The van der Waals surface area contributed by atoms with Gasteiger partial charge in [0.25, 0.3) is 0 Å². The van der Waals surface area contributed by atoms with Crippen molar-refractivity contribution in [1.29, 1.82) is 0 Å². The Morgan fingerprint density at radius 2 is 1.78 bits per heavy atom. The smallest absolute Gasteiger partial charge is 0.248 e. The van der Waals surface area contributed by atoms with Crippen molar-refractivity contribution in [1.82, 2.24) is 15.0 Å². The van der Waals surface area contributed by atoms with E-state index in [1.54, 1.807) is 35.1 Å². The molecule has 0 unspecified atom stereocenters. The van der Waals surface area contributed by atoms with Gasteiger partial charge in [0, 0.05) is 17.3 Å². The van der Waals surface area contributed by atoms with Crippen LogP contribution in [0.5, 0.6) is 0 Å². The molecule has 2 aromatic heterocycles. The summed E-state index contributed by atoms with van der Waals surface area (Å²) in [7, 11) is 0. The predicted octanol–water partition coefficient (Wildman–Crippen LogP) is 7.51. The second-order valence-electron chi connectivity index (χ2n) is 8.29. The molecule has 0 radical (unpaired) electrons. The van der Waals surface area contributed by atoms with Gasteiger partial charge in [0.1, 0.15) is 22.6 Å². The Morgan fingerprint density at radius 3 is 2.53 bits per heavy atom. The largest absolute Gasteiger partial charge is 0.457 e. The molecule has 0 saturated carbocycles. The van der Waals surface area contributed by atoms with Crippen LogP contribution in [-0.4, -0.2) is 20.9 Å². The maximum absolute atomic E-state index is 12.6. The van der Waals surface area contributed by atoms with E-state index < -0.39 is 0 Å². The fourth-order valence-corrected chi connectivity index (χ4v) is 4.19. The molecule has 0 bridgehead atoms. The number of aryl methyl sites for hydroxylation is 2. The minimum atomic E-state index is -0.293. The summed E-state index contributed by atoms with van der Waals surface area (Å²) in [6.45, 7) is 4.04. The molecule has 0 aliphatic rings. The number of nitrogens with one attached hydrogen (secondary N) is 1. The quantitative estimate of drug-likeness (QED) is 0.237. The van der Waals surface area contributed by atoms with E-state index in [0.29, 0.717) is 38.3 Å². The Balaban J connectivity index is 1.31. The van der Waals surface area contributed by atoms with Crippen molar-refractivity contribution in [3.05, 3.63) is 99.7 Å². The molecule has 0 aliphatic heterocycles. The molecule has 5 rings (SSSR count). The molecule has 8 heteroatoms. The van der Waals surface area contributed by atoms with Crippen LogP contribution < -0.4 is 5.32 Å². The van der Waals surface area contributed by atoms with Crippen LogP contribution >= 0.6 is 23.2 Å². The Labute approximate surface area is 218 Å². The highest BCUT2D eigenvalue weighted by Crippen LogP contribution is 2.34. The van der Waals surface area contributed by atoms with Crippen molar-refractivity contribution in [3.63, 3.8) is 0 Å². The highest BCUT2D eigenvalue weighted by atomic mass is 35.5. The summed E-state index contributed by atoms with van der Waals surface area (Å²) in [6, 6.07) is 20.7. The normalized spacial score (nSPS) is 11.4. The Kier molecular flexibility index (Phi) is 6.63. The van der Waals surface area contributed by atoms with E-state index >= 15 is 0 Å². The minimum Gasteiger partial charge on any atom is -0.457 e. The van der Waals surface area contributed by atoms with Crippen molar-refractivity contribution >= 4 is 51.9 Å². The van der Waals surface area contributed by atoms with Gasteiger partial charge in [-0.3, -0.25) is 4.79 Å². The van der Waals surface area contributed by atoms with E-state index in [0.717, 1.165) is 23.2 Å². The summed E-state index contributed by atoms with van der Waals surface area (Å²) in [4.78, 5) is 14.2. The van der Waals surface area contributed by atoms with E-state index in [4.69, 9.17) is 27.6 Å². The van der Waals surface area contributed by atoms with Crippen LogP contribution in [0.1, 0.15) is 23.8 Å². The van der Waals surface area contributed by atoms with Crippen molar-refractivity contribution in [2.45, 2.75) is 20.3 Å². The van der Waals surface area contributed by atoms with Gasteiger partial charge in [-0.15, -0.1) is 10.2 Å². The summed E-state index contributed by atoms with van der Waals surface area (Å²) in [5, 5.41) is 12.9. The number of hydrogen-bond acceptors (Lipinski definition) is 4. The van der Waals surface area contributed by atoms with Crippen molar-refractivity contribution in [3.8, 4) is 17.0 Å². The van der Waals surface area contributed by atoms with Gasteiger partial charge in [0.05, 0.1) is 15.7 Å².